The summed E-state index contributed by atoms with van der Waals surface area (Å²) in [5.41, 5.74) is 6.43. The molecule has 2 aromatic carbocycles. The minimum Gasteiger partial charge on any atom is -0.393 e. The number of benzene rings is 2. The van der Waals surface area contributed by atoms with Gasteiger partial charge in [-0.25, -0.2) is 0 Å². The highest BCUT2D eigenvalue weighted by atomic mass is 16.6. The van der Waals surface area contributed by atoms with Crippen LogP contribution in [0.3, 0.4) is 0 Å². The summed E-state index contributed by atoms with van der Waals surface area (Å²) in [5.74, 6) is -0.280. The van der Waals surface area contributed by atoms with Gasteiger partial charge < -0.3 is 10.6 Å². The molecule has 3 rings (SSSR count). The van der Waals surface area contributed by atoms with Crippen molar-refractivity contribution in [3.05, 3.63) is 73.8 Å². The van der Waals surface area contributed by atoms with Gasteiger partial charge in [-0.1, -0.05) is 12.1 Å². The summed E-state index contributed by atoms with van der Waals surface area (Å²) in [6.07, 6.45) is 0. The number of nitrogen functional groups attached to an aromatic ring is 1. The molecule has 1 amide bonds. The smallest absolute Gasteiger partial charge is 0.292 e. The summed E-state index contributed by atoms with van der Waals surface area (Å²) in [6, 6.07) is 10.5. The lowest BCUT2D eigenvalue weighted by Crippen LogP contribution is -2.48. The standard InChI is InChI=1S/C18H19N5O5/c19-16-5-4-14(11-17(16)23(27)28)18(24)21-8-6-20(7-9-21)12-13-2-1-3-15(10-13)22(25)26/h1-5,10-11H,6-9,12,19H2. The average molecular weight is 385 g/mol. The Bertz CT molecular complexity index is 924. The van der Waals surface area contributed by atoms with E-state index in [1.54, 1.807) is 17.0 Å². The van der Waals surface area contributed by atoms with Gasteiger partial charge in [0.15, 0.2) is 0 Å². The lowest BCUT2D eigenvalue weighted by atomic mass is 10.1. The molecule has 0 unspecified atom stereocenters. The first-order valence-corrected chi connectivity index (χ1v) is 8.64. The fourth-order valence-corrected chi connectivity index (χ4v) is 3.15. The normalized spacial score (nSPS) is 14.6. The van der Waals surface area contributed by atoms with Crippen molar-refractivity contribution in [2.24, 2.45) is 0 Å². The van der Waals surface area contributed by atoms with Gasteiger partial charge in [0.1, 0.15) is 5.69 Å². The van der Waals surface area contributed by atoms with Gasteiger partial charge >= 0.3 is 0 Å². The third kappa shape index (κ3) is 4.23. The Morgan fingerprint density at radius 2 is 1.71 bits per heavy atom. The van der Waals surface area contributed by atoms with Crippen LogP contribution in [0.25, 0.3) is 0 Å². The topological polar surface area (TPSA) is 136 Å². The molecule has 146 valence electrons. The Balaban J connectivity index is 1.61. The molecule has 1 fully saturated rings. The van der Waals surface area contributed by atoms with Crippen molar-refractivity contribution in [1.29, 1.82) is 0 Å². The van der Waals surface area contributed by atoms with Crippen molar-refractivity contribution in [2.45, 2.75) is 6.54 Å². The third-order valence-electron chi connectivity index (χ3n) is 4.66. The van der Waals surface area contributed by atoms with E-state index in [1.807, 2.05) is 6.07 Å². The van der Waals surface area contributed by atoms with Crippen molar-refractivity contribution in [2.75, 3.05) is 31.9 Å². The van der Waals surface area contributed by atoms with Crippen molar-refractivity contribution < 1.29 is 14.6 Å². The minimum atomic E-state index is -0.608. The van der Waals surface area contributed by atoms with Crippen LogP contribution in [0.2, 0.25) is 0 Å². The van der Waals surface area contributed by atoms with Gasteiger partial charge in [0.2, 0.25) is 0 Å². The number of hydrogen-bond donors (Lipinski definition) is 1. The molecule has 1 aliphatic heterocycles. The number of nitro benzene ring substituents is 2. The quantitative estimate of drug-likeness (QED) is 0.472. The summed E-state index contributed by atoms with van der Waals surface area (Å²) < 4.78 is 0. The third-order valence-corrected chi connectivity index (χ3v) is 4.66. The number of rotatable bonds is 5. The molecule has 0 spiro atoms. The van der Waals surface area contributed by atoms with Crippen molar-refractivity contribution in [3.63, 3.8) is 0 Å². The van der Waals surface area contributed by atoms with E-state index in [4.69, 9.17) is 5.73 Å². The summed E-state index contributed by atoms with van der Waals surface area (Å²) in [7, 11) is 0. The second-order valence-electron chi connectivity index (χ2n) is 6.53. The summed E-state index contributed by atoms with van der Waals surface area (Å²) in [6.45, 7) is 2.69. The summed E-state index contributed by atoms with van der Waals surface area (Å²) in [4.78, 5) is 37.2. The number of amides is 1. The Kier molecular flexibility index (Phi) is 5.50. The molecular weight excluding hydrogens is 366 g/mol. The molecular formula is C18H19N5O5. The van der Waals surface area contributed by atoms with E-state index in [-0.39, 0.29) is 28.5 Å². The second-order valence-corrected chi connectivity index (χ2v) is 6.53. The van der Waals surface area contributed by atoms with Crippen LogP contribution in [0.1, 0.15) is 15.9 Å². The first-order valence-electron chi connectivity index (χ1n) is 8.64. The Morgan fingerprint density at radius 1 is 1.00 bits per heavy atom. The number of non-ortho nitro benzene ring substituents is 1. The predicted octanol–water partition coefficient (Wildman–Crippen LogP) is 2.04. The first kappa shape index (κ1) is 19.2. The zero-order chi connectivity index (χ0) is 20.3. The van der Waals surface area contributed by atoms with E-state index in [0.29, 0.717) is 32.7 Å². The largest absolute Gasteiger partial charge is 0.393 e. The fraction of sp³-hybridized carbons (Fsp3) is 0.278. The number of nitrogens with two attached hydrogens (primary N) is 1. The maximum Gasteiger partial charge on any atom is 0.292 e. The van der Waals surface area contributed by atoms with Crippen LogP contribution in [-0.4, -0.2) is 51.7 Å². The SMILES string of the molecule is Nc1ccc(C(=O)N2CCN(Cc3cccc([N+](=O)[O-])c3)CC2)cc1[N+](=O)[O-]. The average Bonchev–Trinajstić information content (AvgIpc) is 2.68. The molecule has 1 aliphatic rings. The summed E-state index contributed by atoms with van der Waals surface area (Å²) in [5, 5.41) is 21.9. The second kappa shape index (κ2) is 8.01. The van der Waals surface area contributed by atoms with Crippen LogP contribution >= 0.6 is 0 Å². The van der Waals surface area contributed by atoms with Crippen LogP contribution in [0.4, 0.5) is 17.1 Å². The van der Waals surface area contributed by atoms with Crippen LogP contribution in [-0.2, 0) is 6.54 Å². The van der Waals surface area contributed by atoms with E-state index in [9.17, 15) is 25.0 Å². The highest BCUT2D eigenvalue weighted by Gasteiger charge is 2.24. The highest BCUT2D eigenvalue weighted by Crippen LogP contribution is 2.23. The molecule has 0 atom stereocenters. The van der Waals surface area contributed by atoms with Gasteiger partial charge in [0.25, 0.3) is 17.3 Å². The van der Waals surface area contributed by atoms with E-state index in [2.05, 4.69) is 4.90 Å². The van der Waals surface area contributed by atoms with Crippen molar-refractivity contribution in [1.82, 2.24) is 9.80 Å². The fourth-order valence-electron chi connectivity index (χ4n) is 3.15. The number of nitrogens with zero attached hydrogens (tertiary/aromatic N) is 4. The molecule has 0 aromatic heterocycles. The number of carbonyl (C=O) groups is 1. The Labute approximate surface area is 160 Å². The van der Waals surface area contributed by atoms with E-state index < -0.39 is 9.85 Å². The molecule has 0 aliphatic carbocycles. The highest BCUT2D eigenvalue weighted by molar-refractivity contribution is 5.95. The van der Waals surface area contributed by atoms with E-state index in [1.165, 1.54) is 24.3 Å². The number of nitro groups is 2. The molecule has 10 nitrogen and oxygen atoms in total. The van der Waals surface area contributed by atoms with E-state index in [0.717, 1.165) is 5.56 Å². The molecule has 2 N–H and O–H groups in total. The monoisotopic (exact) mass is 385 g/mol. The summed E-state index contributed by atoms with van der Waals surface area (Å²) >= 11 is 0. The van der Waals surface area contributed by atoms with Gasteiger partial charge in [-0.15, -0.1) is 0 Å². The number of anilines is 1. The predicted molar refractivity (Wildman–Crippen MR) is 102 cm³/mol. The van der Waals surface area contributed by atoms with Crippen LogP contribution in [0.5, 0.6) is 0 Å². The number of carbonyl (C=O) groups excluding carboxylic acids is 1. The van der Waals surface area contributed by atoms with E-state index >= 15 is 0 Å². The maximum absolute atomic E-state index is 12.6. The minimum absolute atomic E-state index is 0.0170. The van der Waals surface area contributed by atoms with Crippen molar-refractivity contribution in [3.8, 4) is 0 Å². The van der Waals surface area contributed by atoms with Gasteiger partial charge in [-0.3, -0.25) is 29.9 Å². The van der Waals surface area contributed by atoms with Crippen LogP contribution in [0, 0.1) is 20.2 Å². The lowest BCUT2D eigenvalue weighted by Gasteiger charge is -2.34. The van der Waals surface area contributed by atoms with Gasteiger partial charge in [-0.05, 0) is 17.7 Å². The molecule has 2 aromatic rings. The van der Waals surface area contributed by atoms with Gasteiger partial charge in [0.05, 0.1) is 9.85 Å². The van der Waals surface area contributed by atoms with Crippen molar-refractivity contribution >= 4 is 23.0 Å². The lowest BCUT2D eigenvalue weighted by molar-refractivity contribution is -0.385. The first-order chi connectivity index (χ1) is 13.3. The molecule has 1 saturated heterocycles. The van der Waals surface area contributed by atoms with Crippen LogP contribution in [0.15, 0.2) is 42.5 Å². The maximum atomic E-state index is 12.6. The van der Waals surface area contributed by atoms with Crippen LogP contribution < -0.4 is 5.73 Å². The molecule has 0 saturated carbocycles. The molecule has 0 bridgehead atoms. The van der Waals surface area contributed by atoms with Gasteiger partial charge in [0, 0.05) is 56.5 Å². The van der Waals surface area contributed by atoms with Gasteiger partial charge in [-0.2, -0.15) is 0 Å². The zero-order valence-electron chi connectivity index (χ0n) is 15.0. The molecule has 1 heterocycles. The Hall–Kier alpha value is -3.53. The number of piperazine rings is 1. The zero-order valence-corrected chi connectivity index (χ0v) is 15.0. The number of hydrogen-bond acceptors (Lipinski definition) is 7. The molecule has 0 radical (unpaired) electrons. The molecule has 28 heavy (non-hydrogen) atoms. The Morgan fingerprint density at radius 3 is 2.36 bits per heavy atom. The molecule has 10 heteroatoms.